The van der Waals surface area contributed by atoms with Crippen LogP contribution in [0.5, 0.6) is 5.75 Å². The van der Waals surface area contributed by atoms with Crippen molar-refractivity contribution < 1.29 is 9.47 Å². The Hall–Kier alpha value is -1.06. The Morgan fingerprint density at radius 3 is 2.94 bits per heavy atom. The predicted octanol–water partition coefficient (Wildman–Crippen LogP) is 1.83. The molecule has 0 aliphatic carbocycles. The van der Waals surface area contributed by atoms with Gasteiger partial charge in [0.2, 0.25) is 0 Å². The first kappa shape index (κ1) is 11.4. The quantitative estimate of drug-likeness (QED) is 0.743. The van der Waals surface area contributed by atoms with Crippen LogP contribution in [0.2, 0.25) is 0 Å². The van der Waals surface area contributed by atoms with Crippen LogP contribution in [0.4, 0.5) is 0 Å². The van der Waals surface area contributed by atoms with Gasteiger partial charge in [0.15, 0.2) is 0 Å². The summed E-state index contributed by atoms with van der Waals surface area (Å²) < 4.78 is 10.9. The molecule has 1 saturated heterocycles. The van der Waals surface area contributed by atoms with Crippen LogP contribution in [0.3, 0.4) is 0 Å². The molecule has 1 heterocycles. The molecule has 0 bridgehead atoms. The second-order valence-corrected chi connectivity index (χ2v) is 4.03. The van der Waals surface area contributed by atoms with Crippen LogP contribution in [0.15, 0.2) is 30.3 Å². The van der Waals surface area contributed by atoms with Crippen molar-refractivity contribution in [1.82, 2.24) is 5.32 Å². The molecule has 0 aromatic heterocycles. The van der Waals surface area contributed by atoms with E-state index in [4.69, 9.17) is 9.47 Å². The number of ether oxygens (including phenoxy) is 2. The highest BCUT2D eigenvalue weighted by atomic mass is 16.5. The summed E-state index contributed by atoms with van der Waals surface area (Å²) in [7, 11) is 0. The van der Waals surface area contributed by atoms with Gasteiger partial charge in [0.05, 0.1) is 13.2 Å². The topological polar surface area (TPSA) is 30.5 Å². The Morgan fingerprint density at radius 2 is 2.19 bits per heavy atom. The van der Waals surface area contributed by atoms with Crippen LogP contribution in [0.1, 0.15) is 12.8 Å². The monoisotopic (exact) mass is 221 g/mol. The Bertz CT molecular complexity index is 283. The van der Waals surface area contributed by atoms with Crippen molar-refractivity contribution in [1.29, 1.82) is 0 Å². The van der Waals surface area contributed by atoms with Crippen LogP contribution in [0, 0.1) is 0 Å². The Labute approximate surface area is 96.8 Å². The molecule has 0 spiro atoms. The molecule has 1 aliphatic rings. The van der Waals surface area contributed by atoms with E-state index in [1.54, 1.807) is 0 Å². The van der Waals surface area contributed by atoms with E-state index in [0.717, 1.165) is 45.0 Å². The molecule has 0 radical (unpaired) electrons. The summed E-state index contributed by atoms with van der Waals surface area (Å²) in [6, 6.07) is 10.5. The minimum atomic E-state index is 0.553. The van der Waals surface area contributed by atoms with Gasteiger partial charge in [-0.3, -0.25) is 0 Å². The third-order valence-corrected chi connectivity index (χ3v) is 2.70. The molecule has 1 N–H and O–H groups in total. The van der Waals surface area contributed by atoms with Crippen molar-refractivity contribution in [3.8, 4) is 5.75 Å². The van der Waals surface area contributed by atoms with E-state index in [2.05, 4.69) is 5.32 Å². The molecule has 1 atom stereocenters. The van der Waals surface area contributed by atoms with E-state index < -0.39 is 0 Å². The van der Waals surface area contributed by atoms with Crippen LogP contribution < -0.4 is 10.1 Å². The molecule has 0 saturated carbocycles. The van der Waals surface area contributed by atoms with Crippen LogP contribution >= 0.6 is 0 Å². The van der Waals surface area contributed by atoms with E-state index in [0.29, 0.717) is 6.04 Å². The maximum absolute atomic E-state index is 5.60. The lowest BCUT2D eigenvalue weighted by Crippen LogP contribution is -2.30. The van der Waals surface area contributed by atoms with Crippen LogP contribution in [-0.2, 0) is 4.74 Å². The molecular formula is C13H19NO2. The fourth-order valence-corrected chi connectivity index (χ4v) is 1.78. The number of hydrogen-bond donors (Lipinski definition) is 1. The molecule has 1 fully saturated rings. The van der Waals surface area contributed by atoms with E-state index >= 15 is 0 Å². The van der Waals surface area contributed by atoms with Crippen molar-refractivity contribution in [3.63, 3.8) is 0 Å². The molecule has 1 aromatic rings. The molecule has 3 nitrogen and oxygen atoms in total. The normalized spacial score (nSPS) is 19.9. The molecule has 3 heteroatoms. The first-order chi connectivity index (χ1) is 7.95. The lowest BCUT2D eigenvalue weighted by molar-refractivity contribution is 0.189. The standard InChI is InChI=1S/C13H19NO2/c1-2-5-13(6-3-1)16-9-4-8-14-12-7-10-15-11-12/h1-3,5-6,12,14H,4,7-11H2. The molecule has 0 amide bonds. The molecule has 1 aliphatic heterocycles. The molecule has 2 rings (SSSR count). The Kier molecular flexibility index (Phi) is 4.65. The van der Waals surface area contributed by atoms with Crippen molar-refractivity contribution >= 4 is 0 Å². The predicted molar refractivity (Wildman–Crippen MR) is 63.8 cm³/mol. The largest absolute Gasteiger partial charge is 0.494 e. The zero-order valence-corrected chi connectivity index (χ0v) is 9.52. The number of para-hydroxylation sites is 1. The lowest BCUT2D eigenvalue weighted by atomic mass is 10.2. The Morgan fingerprint density at radius 1 is 1.31 bits per heavy atom. The molecular weight excluding hydrogens is 202 g/mol. The third-order valence-electron chi connectivity index (χ3n) is 2.70. The highest BCUT2D eigenvalue weighted by Crippen LogP contribution is 2.08. The van der Waals surface area contributed by atoms with Crippen molar-refractivity contribution in [3.05, 3.63) is 30.3 Å². The van der Waals surface area contributed by atoms with E-state index in [-0.39, 0.29) is 0 Å². The summed E-state index contributed by atoms with van der Waals surface area (Å²) in [5, 5.41) is 3.46. The van der Waals surface area contributed by atoms with Gasteiger partial charge < -0.3 is 14.8 Å². The van der Waals surface area contributed by atoms with Crippen molar-refractivity contribution in [2.45, 2.75) is 18.9 Å². The first-order valence-corrected chi connectivity index (χ1v) is 5.94. The molecule has 1 aromatic carbocycles. The van der Waals surface area contributed by atoms with Gasteiger partial charge in [0.25, 0.3) is 0 Å². The summed E-state index contributed by atoms with van der Waals surface area (Å²) in [6.07, 6.45) is 2.17. The Balaban J connectivity index is 1.52. The highest BCUT2D eigenvalue weighted by Gasteiger charge is 2.13. The average Bonchev–Trinajstić information content (AvgIpc) is 2.83. The lowest BCUT2D eigenvalue weighted by Gasteiger charge is -2.10. The SMILES string of the molecule is c1ccc(OCCCNC2CCOC2)cc1. The first-order valence-electron chi connectivity index (χ1n) is 5.94. The van der Waals surface area contributed by atoms with Gasteiger partial charge in [0.1, 0.15) is 5.75 Å². The van der Waals surface area contributed by atoms with Crippen molar-refractivity contribution in [2.75, 3.05) is 26.4 Å². The van der Waals surface area contributed by atoms with Gasteiger partial charge in [-0.1, -0.05) is 18.2 Å². The van der Waals surface area contributed by atoms with E-state index in [1.807, 2.05) is 30.3 Å². The van der Waals surface area contributed by atoms with Gasteiger partial charge in [-0.05, 0) is 31.5 Å². The fourth-order valence-electron chi connectivity index (χ4n) is 1.78. The zero-order valence-electron chi connectivity index (χ0n) is 9.52. The maximum Gasteiger partial charge on any atom is 0.119 e. The number of nitrogens with one attached hydrogen (secondary N) is 1. The summed E-state index contributed by atoms with van der Waals surface area (Å²) in [6.45, 7) is 3.53. The smallest absolute Gasteiger partial charge is 0.119 e. The van der Waals surface area contributed by atoms with Gasteiger partial charge in [-0.2, -0.15) is 0 Å². The minimum absolute atomic E-state index is 0.553. The fraction of sp³-hybridized carbons (Fsp3) is 0.538. The number of rotatable bonds is 6. The summed E-state index contributed by atoms with van der Waals surface area (Å²) in [5.41, 5.74) is 0. The number of benzene rings is 1. The summed E-state index contributed by atoms with van der Waals surface area (Å²) in [4.78, 5) is 0. The number of hydrogen-bond acceptors (Lipinski definition) is 3. The summed E-state index contributed by atoms with van der Waals surface area (Å²) in [5.74, 6) is 0.951. The molecule has 1 unspecified atom stereocenters. The zero-order chi connectivity index (χ0) is 11.1. The average molecular weight is 221 g/mol. The van der Waals surface area contributed by atoms with Crippen molar-refractivity contribution in [2.24, 2.45) is 0 Å². The second-order valence-electron chi connectivity index (χ2n) is 4.03. The van der Waals surface area contributed by atoms with Crippen LogP contribution in [0.25, 0.3) is 0 Å². The molecule has 16 heavy (non-hydrogen) atoms. The van der Waals surface area contributed by atoms with Gasteiger partial charge in [-0.25, -0.2) is 0 Å². The summed E-state index contributed by atoms with van der Waals surface area (Å²) >= 11 is 0. The maximum atomic E-state index is 5.60. The van der Waals surface area contributed by atoms with Gasteiger partial charge in [-0.15, -0.1) is 0 Å². The molecule has 88 valence electrons. The second kappa shape index (κ2) is 6.51. The van der Waals surface area contributed by atoms with Gasteiger partial charge in [0, 0.05) is 12.6 Å². The highest BCUT2D eigenvalue weighted by molar-refractivity contribution is 5.20. The van der Waals surface area contributed by atoms with Gasteiger partial charge >= 0.3 is 0 Å². The minimum Gasteiger partial charge on any atom is -0.494 e. The third kappa shape index (κ3) is 3.83. The van der Waals surface area contributed by atoms with E-state index in [1.165, 1.54) is 0 Å². The van der Waals surface area contributed by atoms with E-state index in [9.17, 15) is 0 Å². The van der Waals surface area contributed by atoms with Crippen LogP contribution in [-0.4, -0.2) is 32.4 Å².